The maximum Gasteiger partial charge on any atom is 0.254 e. The number of carbonyl (C=O) groups excluding carboxylic acids is 1. The Morgan fingerprint density at radius 2 is 2.00 bits per heavy atom. The Hall–Kier alpha value is -3.14. The predicted molar refractivity (Wildman–Crippen MR) is 124 cm³/mol. The molecule has 32 heavy (non-hydrogen) atoms. The molecule has 0 bridgehead atoms. The van der Waals surface area contributed by atoms with Crippen molar-refractivity contribution in [1.29, 1.82) is 0 Å². The highest BCUT2D eigenvalue weighted by Crippen LogP contribution is 2.39. The van der Waals surface area contributed by atoms with Gasteiger partial charge in [0.25, 0.3) is 5.91 Å². The first-order chi connectivity index (χ1) is 15.5. The molecule has 1 aliphatic carbocycles. The molecule has 0 radical (unpaired) electrons. The number of allylic oxidation sites excluding steroid dienone is 2. The number of benzene rings is 2. The molecule has 0 saturated heterocycles. The van der Waals surface area contributed by atoms with E-state index in [1.54, 1.807) is 18.4 Å². The molecule has 3 aromatic rings. The highest BCUT2D eigenvalue weighted by atomic mass is 19.1. The minimum atomic E-state index is -0.190. The number of amides is 1. The number of halogens is 1. The number of fused-ring (bicyclic) bond motifs is 2. The number of hydrogen-bond acceptors (Lipinski definition) is 2. The maximum atomic E-state index is 13.8. The van der Waals surface area contributed by atoms with Gasteiger partial charge in [-0.2, -0.15) is 0 Å². The Kier molecular flexibility index (Phi) is 5.46. The smallest absolute Gasteiger partial charge is 0.254 e. The molecule has 3 nitrogen and oxygen atoms in total. The van der Waals surface area contributed by atoms with Crippen molar-refractivity contribution in [3.05, 3.63) is 99.8 Å². The van der Waals surface area contributed by atoms with Crippen LogP contribution in [0.4, 0.5) is 4.39 Å². The predicted octanol–water partition coefficient (Wildman–Crippen LogP) is 6.53. The fraction of sp³-hybridized carbons (Fsp3) is 0.321. The summed E-state index contributed by atoms with van der Waals surface area (Å²) in [5.41, 5.74) is 7.88. The van der Waals surface area contributed by atoms with Gasteiger partial charge < -0.3 is 9.32 Å². The van der Waals surface area contributed by atoms with E-state index < -0.39 is 0 Å². The largest absolute Gasteiger partial charge is 0.469 e. The molecule has 0 spiro atoms. The Morgan fingerprint density at radius 1 is 1.12 bits per heavy atom. The molecule has 0 fully saturated rings. The van der Waals surface area contributed by atoms with Gasteiger partial charge in [0.15, 0.2) is 0 Å². The number of carbonyl (C=O) groups is 1. The fourth-order valence-corrected chi connectivity index (χ4v) is 5.10. The first-order valence-electron chi connectivity index (χ1n) is 11.4. The summed E-state index contributed by atoms with van der Waals surface area (Å²) in [6, 6.07) is 15.0. The summed E-state index contributed by atoms with van der Waals surface area (Å²) in [6.07, 6.45) is 5.30. The number of rotatable bonds is 3. The van der Waals surface area contributed by atoms with Crippen molar-refractivity contribution in [2.45, 2.75) is 52.0 Å². The van der Waals surface area contributed by atoms with Gasteiger partial charge in [0.05, 0.1) is 6.26 Å². The highest BCUT2D eigenvalue weighted by Gasteiger charge is 2.26. The van der Waals surface area contributed by atoms with Gasteiger partial charge in [-0.3, -0.25) is 4.79 Å². The third-order valence-electron chi connectivity index (χ3n) is 7.12. The first kappa shape index (κ1) is 20.7. The molecule has 1 aromatic heterocycles. The van der Waals surface area contributed by atoms with Crippen molar-refractivity contribution in [1.82, 2.24) is 4.90 Å². The Bertz CT molecular complexity index is 1210. The van der Waals surface area contributed by atoms with Gasteiger partial charge in [0, 0.05) is 30.6 Å². The van der Waals surface area contributed by atoms with E-state index in [0.29, 0.717) is 19.0 Å². The molecule has 1 atom stereocenters. The summed E-state index contributed by atoms with van der Waals surface area (Å²) in [7, 11) is 0. The molecular weight excluding hydrogens is 401 g/mol. The third-order valence-corrected chi connectivity index (χ3v) is 7.12. The summed E-state index contributed by atoms with van der Waals surface area (Å²) >= 11 is 0. The van der Waals surface area contributed by atoms with Crippen molar-refractivity contribution in [3.8, 4) is 0 Å². The van der Waals surface area contributed by atoms with Crippen molar-refractivity contribution in [2.24, 2.45) is 0 Å². The molecule has 0 saturated carbocycles. The molecule has 0 N–H and O–H groups in total. The second kappa shape index (κ2) is 8.42. The van der Waals surface area contributed by atoms with Crippen LogP contribution in [0, 0.1) is 5.82 Å². The number of nitrogens with zero attached hydrogens (tertiary/aromatic N) is 1. The molecular formula is C28H28FNO2. The third kappa shape index (κ3) is 3.90. The number of hydrogen-bond donors (Lipinski definition) is 0. The summed E-state index contributed by atoms with van der Waals surface area (Å²) in [5, 5.41) is 0. The highest BCUT2D eigenvalue weighted by molar-refractivity contribution is 5.95. The van der Waals surface area contributed by atoms with Crippen LogP contribution in [0.1, 0.15) is 71.0 Å². The Balaban J connectivity index is 1.46. The lowest BCUT2D eigenvalue weighted by Crippen LogP contribution is -2.35. The second-order valence-electron chi connectivity index (χ2n) is 9.12. The average Bonchev–Trinajstić information content (AvgIpc) is 3.24. The van der Waals surface area contributed by atoms with Gasteiger partial charge in [-0.15, -0.1) is 0 Å². The zero-order valence-electron chi connectivity index (χ0n) is 18.7. The second-order valence-corrected chi connectivity index (χ2v) is 9.12. The van der Waals surface area contributed by atoms with Crippen molar-refractivity contribution in [2.75, 3.05) is 6.54 Å². The minimum Gasteiger partial charge on any atom is -0.469 e. The average molecular weight is 430 g/mol. The first-order valence-corrected chi connectivity index (χ1v) is 11.4. The lowest BCUT2D eigenvalue weighted by Gasteiger charge is -2.27. The Labute approximate surface area is 188 Å². The van der Waals surface area contributed by atoms with E-state index in [-0.39, 0.29) is 11.7 Å². The van der Waals surface area contributed by atoms with E-state index in [4.69, 9.17) is 4.42 Å². The van der Waals surface area contributed by atoms with Gasteiger partial charge >= 0.3 is 0 Å². The van der Waals surface area contributed by atoms with Crippen LogP contribution < -0.4 is 0 Å². The van der Waals surface area contributed by atoms with Crippen LogP contribution in [-0.4, -0.2) is 17.4 Å². The quantitative estimate of drug-likeness (QED) is 0.474. The van der Waals surface area contributed by atoms with Crippen LogP contribution in [0.25, 0.3) is 5.57 Å². The van der Waals surface area contributed by atoms with E-state index in [1.807, 2.05) is 23.1 Å². The van der Waals surface area contributed by atoms with Crippen LogP contribution in [0.5, 0.6) is 0 Å². The SMILES string of the molecule is CC1=C(C)c2cc(C(=O)N3CCc4occc4C3)ccc2C(Cc2cccc(F)c2)CC1. The van der Waals surface area contributed by atoms with Gasteiger partial charge in [-0.1, -0.05) is 23.8 Å². The zero-order chi connectivity index (χ0) is 22.2. The molecule has 2 aromatic carbocycles. The van der Waals surface area contributed by atoms with Crippen LogP contribution in [0.3, 0.4) is 0 Å². The van der Waals surface area contributed by atoms with Gasteiger partial charge in [-0.25, -0.2) is 4.39 Å². The molecule has 1 amide bonds. The maximum absolute atomic E-state index is 13.8. The van der Waals surface area contributed by atoms with Gasteiger partial charge in [0.2, 0.25) is 0 Å². The van der Waals surface area contributed by atoms with E-state index in [2.05, 4.69) is 26.0 Å². The van der Waals surface area contributed by atoms with E-state index in [1.165, 1.54) is 22.8 Å². The number of furan rings is 1. The summed E-state index contributed by atoms with van der Waals surface area (Å²) in [6.45, 7) is 5.61. The standard InChI is InChI=1S/C28H28FNO2/c1-18-6-7-21(14-20-4-3-5-24(29)15-20)25-9-8-22(16-26(25)19(18)2)28(31)30-12-10-27-23(17-30)11-13-32-27/h3-5,8-9,11,13,15-16,21H,6-7,10,12,14,17H2,1-2H3. The van der Waals surface area contributed by atoms with Gasteiger partial charge in [0.1, 0.15) is 11.6 Å². The van der Waals surface area contributed by atoms with Crippen molar-refractivity contribution < 1.29 is 13.6 Å². The molecule has 2 heterocycles. The lowest BCUT2D eigenvalue weighted by molar-refractivity contribution is 0.0730. The minimum absolute atomic E-state index is 0.0658. The van der Waals surface area contributed by atoms with E-state index in [9.17, 15) is 9.18 Å². The van der Waals surface area contributed by atoms with E-state index >= 15 is 0 Å². The molecule has 4 heteroatoms. The molecule has 1 aliphatic heterocycles. The van der Waals surface area contributed by atoms with Crippen molar-refractivity contribution in [3.63, 3.8) is 0 Å². The summed E-state index contributed by atoms with van der Waals surface area (Å²) in [5.74, 6) is 1.17. The van der Waals surface area contributed by atoms with Gasteiger partial charge in [-0.05, 0) is 91.6 Å². The molecule has 2 aliphatic rings. The van der Waals surface area contributed by atoms with Crippen LogP contribution in [0.15, 0.2) is 64.8 Å². The monoisotopic (exact) mass is 429 g/mol. The van der Waals surface area contributed by atoms with Crippen LogP contribution in [0.2, 0.25) is 0 Å². The fourth-order valence-electron chi connectivity index (χ4n) is 5.10. The zero-order valence-corrected chi connectivity index (χ0v) is 18.7. The lowest BCUT2D eigenvalue weighted by atomic mass is 9.85. The normalized spacial score (nSPS) is 18.2. The summed E-state index contributed by atoms with van der Waals surface area (Å²) < 4.78 is 19.3. The molecule has 1 unspecified atom stereocenters. The van der Waals surface area contributed by atoms with E-state index in [0.717, 1.165) is 53.7 Å². The van der Waals surface area contributed by atoms with Crippen molar-refractivity contribution >= 4 is 11.5 Å². The molecule has 164 valence electrons. The van der Waals surface area contributed by atoms with Crippen LogP contribution >= 0.6 is 0 Å². The van der Waals surface area contributed by atoms with Crippen LogP contribution in [-0.2, 0) is 19.4 Å². The topological polar surface area (TPSA) is 33.5 Å². The summed E-state index contributed by atoms with van der Waals surface area (Å²) in [4.78, 5) is 15.2. The Morgan fingerprint density at radius 3 is 2.84 bits per heavy atom. The molecule has 5 rings (SSSR count).